The first-order valence-electron chi connectivity index (χ1n) is 6.21. The van der Waals surface area contributed by atoms with Crippen LogP contribution in [0.25, 0.3) is 0 Å². The molecule has 5 nitrogen and oxygen atoms in total. The Kier molecular flexibility index (Phi) is 4.52. The number of halogens is 1. The molecule has 0 fully saturated rings. The molecule has 0 bridgehead atoms. The summed E-state index contributed by atoms with van der Waals surface area (Å²) in [6, 6.07) is 3.18. The zero-order valence-corrected chi connectivity index (χ0v) is 12.1. The van der Waals surface area contributed by atoms with Gasteiger partial charge >= 0.3 is 0 Å². The number of nitrogens with one attached hydrogen (secondary N) is 1. The van der Waals surface area contributed by atoms with Gasteiger partial charge in [0.2, 0.25) is 5.91 Å². The molecule has 2 atom stereocenters. The van der Waals surface area contributed by atoms with Gasteiger partial charge in [0.15, 0.2) is 11.5 Å². The molecule has 0 saturated heterocycles. The summed E-state index contributed by atoms with van der Waals surface area (Å²) in [6.45, 7) is 0. The molecule has 3 N–H and O–H groups in total. The Morgan fingerprint density at radius 3 is 2.50 bits per heavy atom. The molecule has 0 spiro atoms. The van der Waals surface area contributed by atoms with Crippen molar-refractivity contribution in [2.24, 2.45) is 11.7 Å². The van der Waals surface area contributed by atoms with Crippen LogP contribution >= 0.6 is 11.6 Å². The lowest BCUT2D eigenvalue weighted by Gasteiger charge is -2.14. The summed E-state index contributed by atoms with van der Waals surface area (Å²) >= 11 is 6.12. The molecule has 2 unspecified atom stereocenters. The van der Waals surface area contributed by atoms with Crippen LogP contribution in [0.5, 0.6) is 11.5 Å². The third kappa shape index (κ3) is 3.05. The molecule has 1 aliphatic carbocycles. The van der Waals surface area contributed by atoms with Gasteiger partial charge in [0, 0.05) is 18.2 Å². The number of rotatable bonds is 4. The van der Waals surface area contributed by atoms with Gasteiger partial charge in [-0.2, -0.15) is 0 Å². The van der Waals surface area contributed by atoms with E-state index in [4.69, 9.17) is 26.8 Å². The van der Waals surface area contributed by atoms with Crippen LogP contribution in [0.1, 0.15) is 6.42 Å². The number of anilines is 1. The van der Waals surface area contributed by atoms with E-state index in [9.17, 15) is 4.79 Å². The van der Waals surface area contributed by atoms with Gasteiger partial charge in [0.25, 0.3) is 0 Å². The smallest absolute Gasteiger partial charge is 0.231 e. The van der Waals surface area contributed by atoms with E-state index in [-0.39, 0.29) is 17.9 Å². The molecule has 108 valence electrons. The van der Waals surface area contributed by atoms with Gasteiger partial charge in [0.1, 0.15) is 0 Å². The van der Waals surface area contributed by atoms with Crippen molar-refractivity contribution in [2.75, 3.05) is 19.5 Å². The highest BCUT2D eigenvalue weighted by Gasteiger charge is 2.23. The van der Waals surface area contributed by atoms with Crippen LogP contribution in [0, 0.1) is 5.92 Å². The van der Waals surface area contributed by atoms with Crippen molar-refractivity contribution in [3.8, 4) is 11.5 Å². The number of carbonyl (C=O) groups is 1. The number of methoxy groups -OCH3 is 2. The van der Waals surface area contributed by atoms with E-state index in [2.05, 4.69) is 5.32 Å². The van der Waals surface area contributed by atoms with E-state index in [1.165, 1.54) is 14.2 Å². The van der Waals surface area contributed by atoms with Crippen molar-refractivity contribution < 1.29 is 14.3 Å². The van der Waals surface area contributed by atoms with Gasteiger partial charge < -0.3 is 20.5 Å². The first-order chi connectivity index (χ1) is 9.55. The molecule has 1 aromatic carbocycles. The number of benzene rings is 1. The fourth-order valence-corrected chi connectivity index (χ4v) is 2.30. The van der Waals surface area contributed by atoms with Crippen molar-refractivity contribution in [3.63, 3.8) is 0 Å². The topological polar surface area (TPSA) is 73.6 Å². The molecular weight excluding hydrogens is 280 g/mol. The number of hydrogen-bond acceptors (Lipinski definition) is 4. The molecule has 2 rings (SSSR count). The Hall–Kier alpha value is -1.72. The number of nitrogens with two attached hydrogens (primary N) is 1. The van der Waals surface area contributed by atoms with Gasteiger partial charge in [-0.1, -0.05) is 23.8 Å². The van der Waals surface area contributed by atoms with Crippen LogP contribution in [0.4, 0.5) is 5.69 Å². The number of ether oxygens (including phenoxy) is 2. The Bertz CT molecular complexity index is 545. The van der Waals surface area contributed by atoms with E-state index in [1.54, 1.807) is 12.1 Å². The lowest BCUT2D eigenvalue weighted by atomic mass is 10.1. The fraction of sp³-hybridized carbons (Fsp3) is 0.357. The molecule has 1 amide bonds. The zero-order chi connectivity index (χ0) is 14.7. The zero-order valence-electron chi connectivity index (χ0n) is 11.4. The highest BCUT2D eigenvalue weighted by atomic mass is 35.5. The van der Waals surface area contributed by atoms with Crippen molar-refractivity contribution in [2.45, 2.75) is 12.5 Å². The third-order valence-electron chi connectivity index (χ3n) is 3.18. The summed E-state index contributed by atoms with van der Waals surface area (Å²) < 4.78 is 10.3. The first kappa shape index (κ1) is 14.7. The second-order valence-electron chi connectivity index (χ2n) is 4.57. The van der Waals surface area contributed by atoms with E-state index < -0.39 is 0 Å². The first-order valence-corrected chi connectivity index (χ1v) is 6.59. The molecule has 20 heavy (non-hydrogen) atoms. The Labute approximate surface area is 122 Å². The maximum absolute atomic E-state index is 12.1. The molecule has 6 heteroatoms. The lowest BCUT2D eigenvalue weighted by Crippen LogP contribution is -2.24. The monoisotopic (exact) mass is 296 g/mol. The second kappa shape index (κ2) is 6.15. The number of hydrogen-bond donors (Lipinski definition) is 2. The fourth-order valence-electron chi connectivity index (χ4n) is 2.10. The van der Waals surface area contributed by atoms with Crippen molar-refractivity contribution >= 4 is 23.2 Å². The standard InChI is InChI=1S/C14H17ClN2O3/c1-19-12-6-10(15)11(7-13(12)20-2)17-14(18)8-3-4-9(16)5-8/h3-4,6-9H,5,16H2,1-2H3,(H,17,18). The van der Waals surface area contributed by atoms with E-state index in [0.29, 0.717) is 28.6 Å². The minimum absolute atomic E-state index is 0.0633. The molecule has 0 heterocycles. The van der Waals surface area contributed by atoms with Crippen LogP contribution in [0.2, 0.25) is 5.02 Å². The SMILES string of the molecule is COc1cc(Cl)c(NC(=O)C2C=CC(N)C2)cc1OC. The lowest BCUT2D eigenvalue weighted by molar-refractivity contribution is -0.118. The molecule has 1 aromatic rings. The van der Waals surface area contributed by atoms with E-state index >= 15 is 0 Å². The van der Waals surface area contributed by atoms with Crippen LogP contribution in [-0.4, -0.2) is 26.2 Å². The van der Waals surface area contributed by atoms with Gasteiger partial charge in [-0.05, 0) is 6.42 Å². The van der Waals surface area contributed by atoms with Gasteiger partial charge in [0.05, 0.1) is 30.8 Å². The van der Waals surface area contributed by atoms with Gasteiger partial charge in [-0.15, -0.1) is 0 Å². The van der Waals surface area contributed by atoms with Gasteiger partial charge in [-0.25, -0.2) is 0 Å². The van der Waals surface area contributed by atoms with Crippen LogP contribution < -0.4 is 20.5 Å². The quantitative estimate of drug-likeness (QED) is 0.835. The van der Waals surface area contributed by atoms with Crippen LogP contribution in [-0.2, 0) is 4.79 Å². The Balaban J connectivity index is 2.17. The summed E-state index contributed by atoms with van der Waals surface area (Å²) in [6.07, 6.45) is 4.26. The highest BCUT2D eigenvalue weighted by molar-refractivity contribution is 6.34. The molecule has 0 aliphatic heterocycles. The average molecular weight is 297 g/mol. The number of carbonyl (C=O) groups excluding carboxylic acids is 1. The van der Waals surface area contributed by atoms with E-state index in [0.717, 1.165) is 0 Å². The summed E-state index contributed by atoms with van der Waals surface area (Å²) in [7, 11) is 3.05. The molecule has 0 radical (unpaired) electrons. The summed E-state index contributed by atoms with van der Waals surface area (Å²) in [5.41, 5.74) is 6.23. The van der Waals surface area contributed by atoms with Crippen LogP contribution in [0.15, 0.2) is 24.3 Å². The highest BCUT2D eigenvalue weighted by Crippen LogP contribution is 2.36. The van der Waals surface area contributed by atoms with Crippen molar-refractivity contribution in [3.05, 3.63) is 29.3 Å². The summed E-state index contributed by atoms with van der Waals surface area (Å²) in [4.78, 5) is 12.1. The normalized spacial score (nSPS) is 20.8. The number of amides is 1. The molecular formula is C14H17ClN2O3. The Morgan fingerprint density at radius 2 is 1.95 bits per heavy atom. The second-order valence-corrected chi connectivity index (χ2v) is 4.97. The largest absolute Gasteiger partial charge is 0.493 e. The minimum atomic E-state index is -0.228. The van der Waals surface area contributed by atoms with Crippen LogP contribution in [0.3, 0.4) is 0 Å². The van der Waals surface area contributed by atoms with Gasteiger partial charge in [-0.3, -0.25) is 4.79 Å². The summed E-state index contributed by atoms with van der Waals surface area (Å²) in [5.74, 6) is 0.654. The molecule has 0 saturated carbocycles. The predicted octanol–water partition coefficient (Wildman–Crippen LogP) is 2.20. The van der Waals surface area contributed by atoms with E-state index in [1.807, 2.05) is 12.2 Å². The maximum atomic E-state index is 12.1. The third-order valence-corrected chi connectivity index (χ3v) is 3.50. The summed E-state index contributed by atoms with van der Waals surface area (Å²) in [5, 5.41) is 3.18. The molecule has 1 aliphatic rings. The maximum Gasteiger partial charge on any atom is 0.231 e. The minimum Gasteiger partial charge on any atom is -0.493 e. The average Bonchev–Trinajstić information content (AvgIpc) is 2.87. The van der Waals surface area contributed by atoms with Crippen molar-refractivity contribution in [1.82, 2.24) is 0 Å². The van der Waals surface area contributed by atoms with Crippen molar-refractivity contribution in [1.29, 1.82) is 0 Å². The molecule has 0 aromatic heterocycles. The Morgan fingerprint density at radius 1 is 1.30 bits per heavy atom. The predicted molar refractivity (Wildman–Crippen MR) is 78.4 cm³/mol.